The van der Waals surface area contributed by atoms with Crippen LogP contribution in [0.2, 0.25) is 0 Å². The van der Waals surface area contributed by atoms with Crippen LogP contribution in [0.3, 0.4) is 0 Å². The first-order valence-corrected chi connectivity index (χ1v) is 15.1. The highest BCUT2D eigenvalue weighted by Gasteiger charge is 2.29. The first-order chi connectivity index (χ1) is 18.0. The van der Waals surface area contributed by atoms with Crippen LogP contribution in [0.25, 0.3) is 0 Å². The standard InChI is InChI=1S/C29H41N3O5S/c1-21-15-16-26(18-22(21)2)32(38(5,35)36)17-9-14-28(33)31(20-24-10-8-13-27(19-24)37-4)23(3)29(34)30-25-11-6-7-12-25/h8,10,13,15-16,18-19,23,25H,6-7,9,11-12,14,17,20H2,1-5H3,(H,30,34)/t23-/m1/s1. The summed E-state index contributed by atoms with van der Waals surface area (Å²) in [5.74, 6) is 0.312. The van der Waals surface area contributed by atoms with E-state index in [1.54, 1.807) is 25.0 Å². The van der Waals surface area contributed by atoms with Crippen molar-refractivity contribution in [1.82, 2.24) is 10.2 Å². The number of benzene rings is 2. The van der Waals surface area contributed by atoms with Gasteiger partial charge in [0.1, 0.15) is 11.8 Å². The van der Waals surface area contributed by atoms with Crippen molar-refractivity contribution in [1.29, 1.82) is 0 Å². The summed E-state index contributed by atoms with van der Waals surface area (Å²) in [4.78, 5) is 28.2. The van der Waals surface area contributed by atoms with E-state index in [4.69, 9.17) is 4.74 Å². The van der Waals surface area contributed by atoms with Crippen LogP contribution in [0.15, 0.2) is 42.5 Å². The van der Waals surface area contributed by atoms with Crippen LogP contribution in [0.1, 0.15) is 62.1 Å². The fourth-order valence-corrected chi connectivity index (χ4v) is 5.78. The van der Waals surface area contributed by atoms with Crippen LogP contribution < -0.4 is 14.4 Å². The maximum atomic E-state index is 13.5. The second-order valence-electron chi connectivity index (χ2n) is 10.2. The molecule has 3 rings (SSSR count). The third-order valence-electron chi connectivity index (χ3n) is 7.29. The van der Waals surface area contributed by atoms with Crippen LogP contribution in [-0.4, -0.2) is 57.1 Å². The number of carbonyl (C=O) groups is 2. The van der Waals surface area contributed by atoms with Crippen molar-refractivity contribution in [2.75, 3.05) is 24.2 Å². The number of rotatable bonds is 12. The SMILES string of the molecule is COc1cccc(CN(C(=O)CCCN(c2ccc(C)c(C)c2)S(C)(=O)=O)[C@H](C)C(=O)NC2CCCC2)c1. The molecule has 0 bridgehead atoms. The zero-order valence-electron chi connectivity index (χ0n) is 23.2. The molecule has 208 valence electrons. The number of nitrogens with one attached hydrogen (secondary N) is 1. The summed E-state index contributed by atoms with van der Waals surface area (Å²) in [5.41, 5.74) is 3.51. The normalized spacial score (nSPS) is 14.7. The van der Waals surface area contributed by atoms with Gasteiger partial charge in [-0.25, -0.2) is 8.42 Å². The predicted octanol–water partition coefficient (Wildman–Crippen LogP) is 4.33. The molecule has 38 heavy (non-hydrogen) atoms. The fraction of sp³-hybridized carbons (Fsp3) is 0.517. The molecular weight excluding hydrogens is 502 g/mol. The second-order valence-corrected chi connectivity index (χ2v) is 12.2. The highest BCUT2D eigenvalue weighted by molar-refractivity contribution is 7.92. The van der Waals surface area contributed by atoms with Crippen molar-refractivity contribution in [3.05, 3.63) is 59.2 Å². The van der Waals surface area contributed by atoms with E-state index in [-0.39, 0.29) is 37.4 Å². The van der Waals surface area contributed by atoms with E-state index in [0.29, 0.717) is 17.9 Å². The zero-order chi connectivity index (χ0) is 27.9. The first-order valence-electron chi connectivity index (χ1n) is 13.3. The maximum Gasteiger partial charge on any atom is 0.242 e. The number of sulfonamides is 1. The number of hydrogen-bond acceptors (Lipinski definition) is 5. The Morgan fingerprint density at radius 3 is 2.42 bits per heavy atom. The van der Waals surface area contributed by atoms with Crippen LogP contribution >= 0.6 is 0 Å². The summed E-state index contributed by atoms with van der Waals surface area (Å²) >= 11 is 0. The number of ether oxygens (including phenoxy) is 1. The van der Waals surface area contributed by atoms with Gasteiger partial charge in [0.15, 0.2) is 0 Å². The van der Waals surface area contributed by atoms with Gasteiger partial charge in [-0.15, -0.1) is 0 Å². The molecule has 0 aromatic heterocycles. The van der Waals surface area contributed by atoms with Crippen molar-refractivity contribution in [2.24, 2.45) is 0 Å². The molecule has 2 amide bonds. The van der Waals surface area contributed by atoms with Crippen molar-refractivity contribution in [3.63, 3.8) is 0 Å². The topological polar surface area (TPSA) is 96.0 Å². The van der Waals surface area contributed by atoms with E-state index < -0.39 is 16.1 Å². The quantitative estimate of drug-likeness (QED) is 0.430. The largest absolute Gasteiger partial charge is 0.497 e. The molecular formula is C29H41N3O5S. The van der Waals surface area contributed by atoms with Gasteiger partial charge in [-0.1, -0.05) is 31.0 Å². The maximum absolute atomic E-state index is 13.5. The molecule has 2 aromatic carbocycles. The number of anilines is 1. The Kier molecular flexibility index (Phi) is 10.2. The van der Waals surface area contributed by atoms with Crippen molar-refractivity contribution < 1.29 is 22.7 Å². The van der Waals surface area contributed by atoms with E-state index in [1.807, 2.05) is 50.2 Å². The highest BCUT2D eigenvalue weighted by atomic mass is 32.2. The van der Waals surface area contributed by atoms with Gasteiger partial charge in [0, 0.05) is 25.6 Å². The van der Waals surface area contributed by atoms with Crippen LogP contribution in [-0.2, 0) is 26.2 Å². The monoisotopic (exact) mass is 543 g/mol. The summed E-state index contributed by atoms with van der Waals surface area (Å²) < 4.78 is 31.8. The van der Waals surface area contributed by atoms with E-state index >= 15 is 0 Å². The molecule has 1 atom stereocenters. The molecule has 1 aliphatic rings. The molecule has 1 fully saturated rings. The van der Waals surface area contributed by atoms with Crippen molar-refractivity contribution in [3.8, 4) is 5.75 Å². The minimum atomic E-state index is -3.53. The average Bonchev–Trinajstić information content (AvgIpc) is 3.39. The Morgan fingerprint density at radius 2 is 1.79 bits per heavy atom. The summed E-state index contributed by atoms with van der Waals surface area (Å²) in [5, 5.41) is 3.10. The number of amides is 2. The van der Waals surface area contributed by atoms with Crippen molar-refractivity contribution in [2.45, 2.75) is 77.9 Å². The van der Waals surface area contributed by atoms with E-state index in [1.165, 1.54) is 10.6 Å². The van der Waals surface area contributed by atoms with Gasteiger partial charge < -0.3 is 15.0 Å². The molecule has 8 nitrogen and oxygen atoms in total. The van der Waals surface area contributed by atoms with E-state index in [9.17, 15) is 18.0 Å². The number of hydrogen-bond donors (Lipinski definition) is 1. The first kappa shape index (κ1) is 29.5. The zero-order valence-corrected chi connectivity index (χ0v) is 24.0. The lowest BCUT2D eigenvalue weighted by Crippen LogP contribution is -2.49. The molecule has 0 aliphatic heterocycles. The molecule has 0 heterocycles. The van der Waals surface area contributed by atoms with Crippen LogP contribution in [0.4, 0.5) is 5.69 Å². The third kappa shape index (κ3) is 7.96. The number of methoxy groups -OCH3 is 1. The van der Waals surface area contributed by atoms with Gasteiger partial charge in [0.05, 0.1) is 19.1 Å². The Morgan fingerprint density at radius 1 is 1.08 bits per heavy atom. The van der Waals surface area contributed by atoms with E-state index in [0.717, 1.165) is 42.4 Å². The van der Waals surface area contributed by atoms with Gasteiger partial charge in [-0.05, 0) is 81.0 Å². The summed E-state index contributed by atoms with van der Waals surface area (Å²) in [6.07, 6.45) is 5.73. The highest BCUT2D eigenvalue weighted by Crippen LogP contribution is 2.23. The molecule has 1 aliphatic carbocycles. The van der Waals surface area contributed by atoms with Gasteiger partial charge in [0.2, 0.25) is 21.8 Å². The average molecular weight is 544 g/mol. The summed E-state index contributed by atoms with van der Waals surface area (Å²) in [6.45, 7) is 6.09. The Balaban J connectivity index is 1.74. The van der Waals surface area contributed by atoms with Gasteiger partial charge in [0.25, 0.3) is 0 Å². The predicted molar refractivity (Wildman–Crippen MR) is 151 cm³/mol. The third-order valence-corrected chi connectivity index (χ3v) is 8.48. The molecule has 0 radical (unpaired) electrons. The summed E-state index contributed by atoms with van der Waals surface area (Å²) in [6, 6.07) is 12.5. The minimum Gasteiger partial charge on any atom is -0.497 e. The van der Waals surface area contributed by atoms with E-state index in [2.05, 4.69) is 5.32 Å². The minimum absolute atomic E-state index is 0.113. The lowest BCUT2D eigenvalue weighted by molar-refractivity contribution is -0.141. The molecule has 1 saturated carbocycles. The number of aryl methyl sites for hydroxylation is 2. The van der Waals surface area contributed by atoms with Crippen LogP contribution in [0, 0.1) is 13.8 Å². The lowest BCUT2D eigenvalue weighted by atomic mass is 10.1. The molecule has 0 unspecified atom stereocenters. The second kappa shape index (κ2) is 13.1. The number of nitrogens with zero attached hydrogens (tertiary/aromatic N) is 2. The smallest absolute Gasteiger partial charge is 0.242 e. The van der Waals surface area contributed by atoms with Gasteiger partial charge >= 0.3 is 0 Å². The Bertz CT molecular complexity index is 1220. The van der Waals surface area contributed by atoms with Crippen molar-refractivity contribution >= 4 is 27.5 Å². The van der Waals surface area contributed by atoms with Gasteiger partial charge in [-0.3, -0.25) is 13.9 Å². The van der Waals surface area contributed by atoms with Gasteiger partial charge in [-0.2, -0.15) is 0 Å². The fourth-order valence-electron chi connectivity index (χ4n) is 4.83. The molecule has 2 aromatic rings. The van der Waals surface area contributed by atoms with Crippen LogP contribution in [0.5, 0.6) is 5.75 Å². The molecule has 9 heteroatoms. The molecule has 0 spiro atoms. The molecule has 1 N–H and O–H groups in total. The Hall–Kier alpha value is -3.07. The summed E-state index contributed by atoms with van der Waals surface area (Å²) in [7, 11) is -1.95. The number of carbonyl (C=O) groups excluding carboxylic acids is 2. The molecule has 0 saturated heterocycles. The lowest BCUT2D eigenvalue weighted by Gasteiger charge is -2.30. The Labute approximate surface area is 227 Å².